The highest BCUT2D eigenvalue weighted by Crippen LogP contribution is 2.08. The fraction of sp³-hybridized carbons (Fsp3) is 0.500. The Morgan fingerprint density at radius 2 is 1.88 bits per heavy atom. The van der Waals surface area contributed by atoms with Crippen LogP contribution in [0.2, 0.25) is 0 Å². The van der Waals surface area contributed by atoms with E-state index in [4.69, 9.17) is 9.78 Å². The van der Waals surface area contributed by atoms with Gasteiger partial charge in [0.15, 0.2) is 0 Å². The zero-order valence-corrected chi connectivity index (χ0v) is 10.7. The van der Waals surface area contributed by atoms with Crippen molar-refractivity contribution in [1.29, 1.82) is 0 Å². The van der Waals surface area contributed by atoms with Gasteiger partial charge in [-0.2, -0.15) is 4.89 Å². The summed E-state index contributed by atoms with van der Waals surface area (Å²) in [6, 6.07) is 7.43. The summed E-state index contributed by atoms with van der Waals surface area (Å²) in [5.74, 6) is -0.0940. The molecule has 0 aliphatic heterocycles. The van der Waals surface area contributed by atoms with Crippen LogP contribution in [0.5, 0.6) is 0 Å². The molecule has 0 radical (unpaired) electrons. The summed E-state index contributed by atoms with van der Waals surface area (Å²) >= 11 is 0. The summed E-state index contributed by atoms with van der Waals surface area (Å²) < 4.78 is 0. The van der Waals surface area contributed by atoms with E-state index in [1.807, 2.05) is 26.0 Å². The van der Waals surface area contributed by atoms with E-state index in [2.05, 4.69) is 6.92 Å². The Morgan fingerprint density at radius 1 is 1.24 bits per heavy atom. The average Bonchev–Trinajstić information content (AvgIpc) is 2.30. The van der Waals surface area contributed by atoms with Crippen molar-refractivity contribution in [2.24, 2.45) is 5.92 Å². The van der Waals surface area contributed by atoms with Gasteiger partial charge in [-0.15, -0.1) is 0 Å². The molecule has 3 heteroatoms. The summed E-state index contributed by atoms with van der Waals surface area (Å²) in [6.45, 7) is 6.53. The molecule has 0 heterocycles. The first-order chi connectivity index (χ1) is 8.13. The normalized spacial score (nSPS) is 10.6. The average molecular weight is 236 g/mol. The van der Waals surface area contributed by atoms with E-state index < -0.39 is 5.97 Å². The van der Waals surface area contributed by atoms with Crippen molar-refractivity contribution in [3.63, 3.8) is 0 Å². The van der Waals surface area contributed by atoms with E-state index in [1.54, 1.807) is 12.1 Å². The second-order valence-corrected chi connectivity index (χ2v) is 4.50. The van der Waals surface area contributed by atoms with E-state index in [9.17, 15) is 4.79 Å². The maximum atomic E-state index is 11.5. The monoisotopic (exact) mass is 236 g/mol. The molecule has 0 saturated heterocycles. The number of rotatable bonds is 6. The molecule has 0 fully saturated rings. The maximum absolute atomic E-state index is 11.5. The molecule has 94 valence electrons. The quantitative estimate of drug-likeness (QED) is 0.561. The van der Waals surface area contributed by atoms with E-state index in [1.165, 1.54) is 5.56 Å². The van der Waals surface area contributed by atoms with E-state index in [0.29, 0.717) is 18.1 Å². The molecule has 0 atom stereocenters. The number of hydrogen-bond acceptors (Lipinski definition) is 3. The lowest BCUT2D eigenvalue weighted by Crippen LogP contribution is -2.09. The third-order valence-corrected chi connectivity index (χ3v) is 2.26. The second kappa shape index (κ2) is 7.07. The van der Waals surface area contributed by atoms with Gasteiger partial charge in [-0.3, -0.25) is 4.89 Å². The molecule has 0 unspecified atom stereocenters. The molecule has 1 aromatic carbocycles. The molecular formula is C14H20O3. The van der Waals surface area contributed by atoms with Crippen LogP contribution < -0.4 is 0 Å². The molecule has 0 N–H and O–H groups in total. The predicted molar refractivity (Wildman–Crippen MR) is 66.6 cm³/mol. The summed E-state index contributed by atoms with van der Waals surface area (Å²) in [5.41, 5.74) is 1.75. The van der Waals surface area contributed by atoms with Gasteiger partial charge in [-0.25, -0.2) is 4.79 Å². The van der Waals surface area contributed by atoms with Crippen molar-refractivity contribution in [1.82, 2.24) is 0 Å². The minimum Gasteiger partial charge on any atom is -0.293 e. The highest BCUT2D eigenvalue weighted by molar-refractivity contribution is 5.88. The fourth-order valence-electron chi connectivity index (χ4n) is 1.37. The molecule has 17 heavy (non-hydrogen) atoms. The van der Waals surface area contributed by atoms with Crippen LogP contribution >= 0.6 is 0 Å². The van der Waals surface area contributed by atoms with Crippen LogP contribution in [0.15, 0.2) is 24.3 Å². The SMILES string of the molecule is CCCc1ccc(C(=O)OOCC(C)C)cc1. The summed E-state index contributed by atoms with van der Waals surface area (Å²) in [5, 5.41) is 0. The van der Waals surface area contributed by atoms with Gasteiger partial charge in [0.2, 0.25) is 0 Å². The van der Waals surface area contributed by atoms with Gasteiger partial charge in [0.25, 0.3) is 0 Å². The Balaban J connectivity index is 2.46. The molecule has 1 rings (SSSR count). The van der Waals surface area contributed by atoms with Crippen molar-refractivity contribution in [3.8, 4) is 0 Å². The zero-order chi connectivity index (χ0) is 12.7. The van der Waals surface area contributed by atoms with Crippen molar-refractivity contribution in [2.45, 2.75) is 33.6 Å². The first-order valence-electron chi connectivity index (χ1n) is 6.06. The minimum atomic E-state index is -0.436. The molecule has 0 aromatic heterocycles. The van der Waals surface area contributed by atoms with Crippen LogP contribution in [-0.4, -0.2) is 12.6 Å². The Labute approximate surface area is 103 Å². The van der Waals surface area contributed by atoms with Gasteiger partial charge in [0.1, 0.15) is 0 Å². The fourth-order valence-corrected chi connectivity index (χ4v) is 1.37. The van der Waals surface area contributed by atoms with Gasteiger partial charge < -0.3 is 0 Å². The first-order valence-corrected chi connectivity index (χ1v) is 6.06. The Kier molecular flexibility index (Phi) is 5.70. The number of aryl methyl sites for hydroxylation is 1. The third kappa shape index (κ3) is 5.00. The van der Waals surface area contributed by atoms with E-state index in [0.717, 1.165) is 12.8 Å². The molecular weight excluding hydrogens is 216 g/mol. The molecule has 0 amide bonds. The lowest BCUT2D eigenvalue weighted by atomic mass is 10.1. The predicted octanol–water partition coefficient (Wildman–Crippen LogP) is 3.38. The van der Waals surface area contributed by atoms with Crippen LogP contribution in [0.1, 0.15) is 43.1 Å². The lowest BCUT2D eigenvalue weighted by molar-refractivity contribution is -0.246. The topological polar surface area (TPSA) is 35.5 Å². The van der Waals surface area contributed by atoms with Crippen LogP contribution in [0, 0.1) is 5.92 Å². The summed E-state index contributed by atoms with van der Waals surface area (Å²) in [4.78, 5) is 21.1. The summed E-state index contributed by atoms with van der Waals surface area (Å²) in [7, 11) is 0. The number of benzene rings is 1. The molecule has 3 nitrogen and oxygen atoms in total. The number of hydrogen-bond donors (Lipinski definition) is 0. The molecule has 0 bridgehead atoms. The van der Waals surface area contributed by atoms with Crippen LogP contribution in [0.3, 0.4) is 0 Å². The van der Waals surface area contributed by atoms with Crippen molar-refractivity contribution in [2.75, 3.05) is 6.61 Å². The van der Waals surface area contributed by atoms with Crippen LogP contribution in [0.4, 0.5) is 0 Å². The standard InChI is InChI=1S/C14H20O3/c1-4-5-12-6-8-13(9-7-12)14(15)17-16-10-11(2)3/h6-9,11H,4-5,10H2,1-3H3. The minimum absolute atomic E-state index is 0.342. The van der Waals surface area contributed by atoms with E-state index >= 15 is 0 Å². The van der Waals surface area contributed by atoms with Gasteiger partial charge >= 0.3 is 5.97 Å². The van der Waals surface area contributed by atoms with Crippen molar-refractivity contribution in [3.05, 3.63) is 35.4 Å². The van der Waals surface area contributed by atoms with Gasteiger partial charge in [0, 0.05) is 0 Å². The largest absolute Gasteiger partial charge is 0.373 e. The second-order valence-electron chi connectivity index (χ2n) is 4.50. The van der Waals surface area contributed by atoms with Gasteiger partial charge in [0.05, 0.1) is 12.2 Å². The highest BCUT2D eigenvalue weighted by Gasteiger charge is 2.08. The van der Waals surface area contributed by atoms with Gasteiger partial charge in [-0.05, 0) is 30.0 Å². The highest BCUT2D eigenvalue weighted by atomic mass is 17.2. The van der Waals surface area contributed by atoms with E-state index in [-0.39, 0.29) is 0 Å². The summed E-state index contributed by atoms with van der Waals surface area (Å²) in [6.07, 6.45) is 2.13. The first kappa shape index (κ1) is 13.7. The smallest absolute Gasteiger partial charge is 0.293 e. The molecule has 0 aliphatic carbocycles. The van der Waals surface area contributed by atoms with Crippen molar-refractivity contribution >= 4 is 5.97 Å². The number of carbonyl (C=O) groups is 1. The molecule has 0 saturated carbocycles. The Morgan fingerprint density at radius 3 is 2.41 bits per heavy atom. The number of carbonyl (C=O) groups excluding carboxylic acids is 1. The maximum Gasteiger partial charge on any atom is 0.373 e. The molecule has 0 spiro atoms. The van der Waals surface area contributed by atoms with Crippen LogP contribution in [0.25, 0.3) is 0 Å². The molecule has 1 aromatic rings. The lowest BCUT2D eigenvalue weighted by Gasteiger charge is -2.06. The van der Waals surface area contributed by atoms with Gasteiger partial charge in [-0.1, -0.05) is 39.3 Å². The zero-order valence-electron chi connectivity index (χ0n) is 10.7. The van der Waals surface area contributed by atoms with Crippen LogP contribution in [-0.2, 0) is 16.2 Å². The third-order valence-electron chi connectivity index (χ3n) is 2.26. The Hall–Kier alpha value is -1.35. The Bertz CT molecular complexity index is 341. The molecule has 0 aliphatic rings. The van der Waals surface area contributed by atoms with Crippen molar-refractivity contribution < 1.29 is 14.6 Å².